The molecule has 110 valence electrons. The second-order valence-corrected chi connectivity index (χ2v) is 4.56. The number of rotatable bonds is 4. The van der Waals surface area contributed by atoms with Crippen LogP contribution >= 0.6 is 0 Å². The average Bonchev–Trinajstić information content (AvgIpc) is 2.44. The molecule has 1 amide bonds. The fourth-order valence-corrected chi connectivity index (χ4v) is 1.99. The van der Waals surface area contributed by atoms with Crippen molar-refractivity contribution < 1.29 is 18.3 Å². The van der Waals surface area contributed by atoms with Gasteiger partial charge in [0.05, 0.1) is 24.5 Å². The first-order valence-electron chi connectivity index (χ1n) is 6.41. The molecular formula is C13H17F2N3O2. The number of anilines is 1. The van der Waals surface area contributed by atoms with Crippen molar-refractivity contribution in [1.29, 1.82) is 0 Å². The lowest BCUT2D eigenvalue weighted by molar-refractivity contribution is 0.0383. The van der Waals surface area contributed by atoms with Gasteiger partial charge in [-0.3, -0.25) is 9.69 Å². The quantitative estimate of drug-likeness (QED) is 0.795. The third kappa shape index (κ3) is 3.64. The summed E-state index contributed by atoms with van der Waals surface area (Å²) in [5, 5.41) is 2.59. The Bertz CT molecular complexity index is 491. The summed E-state index contributed by atoms with van der Waals surface area (Å²) in [5.74, 6) is -2.38. The summed E-state index contributed by atoms with van der Waals surface area (Å²) in [6.07, 6.45) is 0. The molecule has 5 nitrogen and oxygen atoms in total. The van der Waals surface area contributed by atoms with Crippen molar-refractivity contribution >= 4 is 11.6 Å². The highest BCUT2D eigenvalue weighted by molar-refractivity contribution is 5.95. The van der Waals surface area contributed by atoms with Crippen molar-refractivity contribution in [2.45, 2.75) is 0 Å². The van der Waals surface area contributed by atoms with E-state index in [-0.39, 0.29) is 11.3 Å². The number of morpholine rings is 1. The number of nitrogen functional groups attached to an aromatic ring is 1. The monoisotopic (exact) mass is 285 g/mol. The lowest BCUT2D eigenvalue weighted by Gasteiger charge is -2.26. The summed E-state index contributed by atoms with van der Waals surface area (Å²) in [6.45, 7) is 4.03. The van der Waals surface area contributed by atoms with Crippen molar-refractivity contribution in [3.63, 3.8) is 0 Å². The van der Waals surface area contributed by atoms with Crippen molar-refractivity contribution in [1.82, 2.24) is 10.2 Å². The Balaban J connectivity index is 1.87. The molecule has 0 aromatic heterocycles. The molecule has 1 aromatic carbocycles. The molecule has 2 rings (SSSR count). The SMILES string of the molecule is Nc1cc(C(=O)NCCN2CCOCC2)c(F)cc1F. The van der Waals surface area contributed by atoms with Crippen LogP contribution in [-0.2, 0) is 4.74 Å². The third-order valence-electron chi connectivity index (χ3n) is 3.15. The van der Waals surface area contributed by atoms with Crippen molar-refractivity contribution in [2.24, 2.45) is 0 Å². The molecule has 0 aliphatic carbocycles. The Kier molecular flexibility index (Phi) is 4.86. The molecule has 1 aromatic rings. The van der Waals surface area contributed by atoms with Crippen LogP contribution in [0.1, 0.15) is 10.4 Å². The average molecular weight is 285 g/mol. The lowest BCUT2D eigenvalue weighted by Crippen LogP contribution is -2.41. The van der Waals surface area contributed by atoms with Gasteiger partial charge < -0.3 is 15.8 Å². The van der Waals surface area contributed by atoms with Gasteiger partial charge in [0.1, 0.15) is 11.6 Å². The fourth-order valence-electron chi connectivity index (χ4n) is 1.99. The molecule has 1 aliphatic heterocycles. The number of nitrogens with one attached hydrogen (secondary N) is 1. The van der Waals surface area contributed by atoms with Crippen molar-refractivity contribution in [3.8, 4) is 0 Å². The first-order chi connectivity index (χ1) is 9.58. The molecule has 0 saturated carbocycles. The summed E-state index contributed by atoms with van der Waals surface area (Å²) in [5.41, 5.74) is 4.84. The Labute approximate surface area is 115 Å². The van der Waals surface area contributed by atoms with Gasteiger partial charge in [-0.05, 0) is 6.07 Å². The molecule has 0 atom stereocenters. The Hall–Kier alpha value is -1.73. The normalized spacial score (nSPS) is 16.1. The second-order valence-electron chi connectivity index (χ2n) is 4.56. The van der Waals surface area contributed by atoms with Gasteiger partial charge in [-0.25, -0.2) is 8.78 Å². The predicted molar refractivity (Wildman–Crippen MR) is 70.4 cm³/mol. The zero-order chi connectivity index (χ0) is 14.5. The molecule has 0 unspecified atom stereocenters. The van der Waals surface area contributed by atoms with Crippen LogP contribution in [0.25, 0.3) is 0 Å². The summed E-state index contributed by atoms with van der Waals surface area (Å²) >= 11 is 0. The van der Waals surface area contributed by atoms with Crippen molar-refractivity contribution in [2.75, 3.05) is 45.1 Å². The van der Waals surface area contributed by atoms with Crippen molar-refractivity contribution in [3.05, 3.63) is 29.3 Å². The van der Waals surface area contributed by atoms with Crippen LogP contribution in [0, 0.1) is 11.6 Å². The number of nitrogens with zero attached hydrogens (tertiary/aromatic N) is 1. The van der Waals surface area contributed by atoms with E-state index in [0.29, 0.717) is 32.4 Å². The highest BCUT2D eigenvalue weighted by atomic mass is 19.1. The van der Waals surface area contributed by atoms with Gasteiger partial charge in [-0.2, -0.15) is 0 Å². The van der Waals surface area contributed by atoms with E-state index in [4.69, 9.17) is 10.5 Å². The van der Waals surface area contributed by atoms with E-state index in [2.05, 4.69) is 10.2 Å². The highest BCUT2D eigenvalue weighted by Gasteiger charge is 2.15. The molecule has 20 heavy (non-hydrogen) atoms. The minimum atomic E-state index is -0.916. The lowest BCUT2D eigenvalue weighted by atomic mass is 10.1. The van der Waals surface area contributed by atoms with E-state index in [0.717, 1.165) is 19.2 Å². The molecule has 1 fully saturated rings. The number of ether oxygens (including phenoxy) is 1. The molecule has 0 radical (unpaired) electrons. The smallest absolute Gasteiger partial charge is 0.254 e. The first kappa shape index (κ1) is 14.7. The van der Waals surface area contributed by atoms with Gasteiger partial charge >= 0.3 is 0 Å². The van der Waals surface area contributed by atoms with Gasteiger partial charge in [0.15, 0.2) is 0 Å². The van der Waals surface area contributed by atoms with Crippen LogP contribution < -0.4 is 11.1 Å². The van der Waals surface area contributed by atoms with Gasteiger partial charge in [-0.1, -0.05) is 0 Å². The zero-order valence-electron chi connectivity index (χ0n) is 11.0. The Morgan fingerprint density at radius 3 is 2.70 bits per heavy atom. The molecular weight excluding hydrogens is 268 g/mol. The van der Waals surface area contributed by atoms with Crippen LogP contribution in [0.15, 0.2) is 12.1 Å². The van der Waals surface area contributed by atoms with E-state index in [9.17, 15) is 13.6 Å². The zero-order valence-corrected chi connectivity index (χ0v) is 11.0. The summed E-state index contributed by atoms with van der Waals surface area (Å²) in [7, 11) is 0. The molecule has 1 saturated heterocycles. The van der Waals surface area contributed by atoms with Crippen LogP contribution in [-0.4, -0.2) is 50.2 Å². The Morgan fingerprint density at radius 2 is 2.00 bits per heavy atom. The molecule has 1 heterocycles. The number of carbonyl (C=O) groups excluding carboxylic acids is 1. The second kappa shape index (κ2) is 6.62. The van der Waals surface area contributed by atoms with Gasteiger partial charge in [0.25, 0.3) is 5.91 Å². The van der Waals surface area contributed by atoms with E-state index >= 15 is 0 Å². The van der Waals surface area contributed by atoms with E-state index in [1.807, 2.05) is 0 Å². The van der Waals surface area contributed by atoms with Crippen LogP contribution in [0.3, 0.4) is 0 Å². The predicted octanol–water partition coefficient (Wildman–Crippen LogP) is 0.609. The highest BCUT2D eigenvalue weighted by Crippen LogP contribution is 2.16. The van der Waals surface area contributed by atoms with E-state index < -0.39 is 17.5 Å². The van der Waals surface area contributed by atoms with Gasteiger partial charge in [0, 0.05) is 32.2 Å². The molecule has 3 N–H and O–H groups in total. The first-order valence-corrected chi connectivity index (χ1v) is 6.41. The summed E-state index contributed by atoms with van der Waals surface area (Å²) < 4.78 is 31.7. The number of carbonyl (C=O) groups is 1. The van der Waals surface area contributed by atoms with Crippen LogP contribution in [0.4, 0.5) is 14.5 Å². The number of halogens is 2. The van der Waals surface area contributed by atoms with Gasteiger partial charge in [-0.15, -0.1) is 0 Å². The molecule has 1 aliphatic rings. The molecule has 0 spiro atoms. The Morgan fingerprint density at radius 1 is 1.30 bits per heavy atom. The third-order valence-corrected chi connectivity index (χ3v) is 3.15. The minimum Gasteiger partial charge on any atom is -0.396 e. The molecule has 7 heteroatoms. The number of benzene rings is 1. The summed E-state index contributed by atoms with van der Waals surface area (Å²) in [4.78, 5) is 13.9. The fraction of sp³-hybridized carbons (Fsp3) is 0.462. The number of hydrogen-bond acceptors (Lipinski definition) is 4. The summed E-state index contributed by atoms with van der Waals surface area (Å²) in [6, 6.07) is 1.63. The largest absolute Gasteiger partial charge is 0.396 e. The standard InChI is InChI=1S/C13H17F2N3O2/c14-10-8-11(15)12(16)7-9(10)13(19)17-1-2-18-3-5-20-6-4-18/h7-8H,1-6,16H2,(H,17,19). The van der Waals surface area contributed by atoms with Crippen LogP contribution in [0.5, 0.6) is 0 Å². The topological polar surface area (TPSA) is 67.6 Å². The number of nitrogens with two attached hydrogens (primary N) is 1. The number of amides is 1. The van der Waals surface area contributed by atoms with Crippen LogP contribution in [0.2, 0.25) is 0 Å². The van der Waals surface area contributed by atoms with E-state index in [1.165, 1.54) is 0 Å². The molecule has 0 bridgehead atoms. The van der Waals surface area contributed by atoms with E-state index in [1.54, 1.807) is 0 Å². The maximum Gasteiger partial charge on any atom is 0.254 e. The van der Waals surface area contributed by atoms with Gasteiger partial charge in [0.2, 0.25) is 0 Å². The minimum absolute atomic E-state index is 0.245. The maximum absolute atomic E-state index is 13.5. The number of hydrogen-bond donors (Lipinski definition) is 2. The maximum atomic E-state index is 13.5.